The van der Waals surface area contributed by atoms with E-state index in [1.54, 1.807) is 0 Å². The van der Waals surface area contributed by atoms with E-state index in [0.29, 0.717) is 5.75 Å². The van der Waals surface area contributed by atoms with E-state index in [2.05, 4.69) is 15.9 Å². The second-order valence-electron chi connectivity index (χ2n) is 3.33. The molecule has 0 saturated carbocycles. The molecular weight excluding hydrogens is 268 g/mol. The van der Waals surface area contributed by atoms with Crippen molar-refractivity contribution in [1.82, 2.24) is 0 Å². The summed E-state index contributed by atoms with van der Waals surface area (Å²) in [5.74, 6) is 1.43. The van der Waals surface area contributed by atoms with E-state index in [0.717, 1.165) is 15.8 Å². The molecule has 0 spiro atoms. The molecule has 0 aliphatic heterocycles. The van der Waals surface area contributed by atoms with Crippen molar-refractivity contribution in [3.8, 4) is 11.5 Å². The molecule has 16 heavy (non-hydrogen) atoms. The zero-order chi connectivity index (χ0) is 11.4. The molecule has 1 N–H and O–H groups in total. The van der Waals surface area contributed by atoms with Gasteiger partial charge in [-0.05, 0) is 24.3 Å². The summed E-state index contributed by atoms with van der Waals surface area (Å²) >= 11 is 3.38. The first kappa shape index (κ1) is 11.2. The van der Waals surface area contributed by atoms with Crippen LogP contribution in [0.5, 0.6) is 11.5 Å². The van der Waals surface area contributed by atoms with E-state index in [9.17, 15) is 0 Å². The van der Waals surface area contributed by atoms with Crippen LogP contribution in [0.25, 0.3) is 0 Å². The van der Waals surface area contributed by atoms with Crippen LogP contribution in [0, 0.1) is 0 Å². The Morgan fingerprint density at radius 3 is 2.62 bits per heavy atom. The summed E-state index contributed by atoms with van der Waals surface area (Å²) in [5.41, 5.74) is 0.780. The Balaban J connectivity index is 2.26. The fourth-order valence-corrected chi connectivity index (χ4v) is 1.77. The van der Waals surface area contributed by atoms with Crippen molar-refractivity contribution in [2.75, 3.05) is 0 Å². The fraction of sp³-hybridized carbons (Fsp3) is 0.0769. The normalized spacial score (nSPS) is 10.1. The van der Waals surface area contributed by atoms with E-state index < -0.39 is 0 Å². The first-order valence-electron chi connectivity index (χ1n) is 4.92. The van der Waals surface area contributed by atoms with Crippen LogP contribution < -0.4 is 4.74 Å². The van der Waals surface area contributed by atoms with Crippen molar-refractivity contribution in [2.45, 2.75) is 6.61 Å². The van der Waals surface area contributed by atoms with Gasteiger partial charge in [-0.2, -0.15) is 0 Å². The highest BCUT2D eigenvalue weighted by Gasteiger charge is 2.03. The largest absolute Gasteiger partial charge is 0.457 e. The van der Waals surface area contributed by atoms with Crippen molar-refractivity contribution < 1.29 is 9.84 Å². The molecule has 0 bridgehead atoms. The number of halogens is 1. The lowest BCUT2D eigenvalue weighted by Crippen LogP contribution is -1.90. The van der Waals surface area contributed by atoms with Gasteiger partial charge in [0.15, 0.2) is 0 Å². The lowest BCUT2D eigenvalue weighted by molar-refractivity contribution is 0.276. The Morgan fingerprint density at radius 1 is 1.06 bits per heavy atom. The Kier molecular flexibility index (Phi) is 3.59. The maximum absolute atomic E-state index is 9.16. The van der Waals surface area contributed by atoms with Crippen molar-refractivity contribution >= 4 is 15.9 Å². The molecule has 0 aromatic heterocycles. The lowest BCUT2D eigenvalue weighted by Gasteiger charge is -2.09. The van der Waals surface area contributed by atoms with E-state index in [1.807, 2.05) is 48.5 Å². The summed E-state index contributed by atoms with van der Waals surface area (Å²) in [4.78, 5) is 0. The van der Waals surface area contributed by atoms with Crippen molar-refractivity contribution in [1.29, 1.82) is 0 Å². The molecule has 2 aromatic rings. The van der Waals surface area contributed by atoms with Gasteiger partial charge in [-0.25, -0.2) is 0 Å². The molecular formula is C13H11BrO2. The van der Waals surface area contributed by atoms with Crippen molar-refractivity contribution in [3.05, 3.63) is 58.6 Å². The van der Waals surface area contributed by atoms with Crippen LogP contribution in [0.1, 0.15) is 5.56 Å². The predicted molar refractivity (Wildman–Crippen MR) is 66.6 cm³/mol. The predicted octanol–water partition coefficient (Wildman–Crippen LogP) is 3.73. The second kappa shape index (κ2) is 5.14. The molecule has 0 heterocycles. The molecule has 2 rings (SSSR count). The fourth-order valence-electron chi connectivity index (χ4n) is 1.39. The molecule has 0 aliphatic rings. The third-order valence-corrected chi connectivity index (χ3v) is 2.66. The molecule has 0 unspecified atom stereocenters. The van der Waals surface area contributed by atoms with Gasteiger partial charge >= 0.3 is 0 Å². The first-order chi connectivity index (χ1) is 7.79. The summed E-state index contributed by atoms with van der Waals surface area (Å²) in [6, 6.07) is 15.0. The molecule has 0 saturated heterocycles. The minimum atomic E-state index is -0.0236. The maximum atomic E-state index is 9.16. The summed E-state index contributed by atoms with van der Waals surface area (Å²) in [6.07, 6.45) is 0. The number of aliphatic hydroxyl groups excluding tert-OH is 1. The average Bonchev–Trinajstić information content (AvgIpc) is 2.30. The molecule has 0 fully saturated rings. The summed E-state index contributed by atoms with van der Waals surface area (Å²) in [6.45, 7) is -0.0236. The van der Waals surface area contributed by atoms with Crippen LogP contribution in [0.3, 0.4) is 0 Å². The van der Waals surface area contributed by atoms with Crippen molar-refractivity contribution in [2.24, 2.45) is 0 Å². The highest BCUT2D eigenvalue weighted by Crippen LogP contribution is 2.27. The van der Waals surface area contributed by atoms with Crippen LogP contribution in [-0.2, 0) is 6.61 Å². The van der Waals surface area contributed by atoms with Crippen LogP contribution in [0.2, 0.25) is 0 Å². The molecule has 2 aromatic carbocycles. The Bertz CT molecular complexity index is 483. The number of benzene rings is 2. The Morgan fingerprint density at radius 2 is 1.88 bits per heavy atom. The Hall–Kier alpha value is -1.32. The van der Waals surface area contributed by atoms with E-state index >= 15 is 0 Å². The number of ether oxygens (including phenoxy) is 1. The van der Waals surface area contributed by atoms with Gasteiger partial charge < -0.3 is 9.84 Å². The monoisotopic (exact) mass is 278 g/mol. The van der Waals surface area contributed by atoms with Gasteiger partial charge in [0.1, 0.15) is 11.5 Å². The first-order valence-corrected chi connectivity index (χ1v) is 5.71. The standard InChI is InChI=1S/C13H11BrO2/c14-11-5-3-6-12(8-11)16-13-7-2-1-4-10(13)9-15/h1-8,15H,9H2. The van der Waals surface area contributed by atoms with Crippen LogP contribution in [-0.4, -0.2) is 5.11 Å². The smallest absolute Gasteiger partial charge is 0.132 e. The van der Waals surface area contributed by atoms with Gasteiger partial charge in [0, 0.05) is 10.0 Å². The number of aliphatic hydroxyl groups is 1. The molecule has 2 nitrogen and oxygen atoms in total. The van der Waals surface area contributed by atoms with Gasteiger partial charge in [-0.3, -0.25) is 0 Å². The molecule has 0 amide bonds. The van der Waals surface area contributed by atoms with Gasteiger partial charge in [0.25, 0.3) is 0 Å². The van der Waals surface area contributed by atoms with E-state index in [-0.39, 0.29) is 6.61 Å². The lowest BCUT2D eigenvalue weighted by atomic mass is 10.2. The number of para-hydroxylation sites is 1. The molecule has 82 valence electrons. The SMILES string of the molecule is OCc1ccccc1Oc1cccc(Br)c1. The zero-order valence-corrected chi connectivity index (χ0v) is 10.1. The number of hydrogen-bond donors (Lipinski definition) is 1. The molecule has 0 radical (unpaired) electrons. The molecule has 0 aliphatic carbocycles. The summed E-state index contributed by atoms with van der Waals surface area (Å²) in [7, 11) is 0. The molecule has 3 heteroatoms. The van der Waals surface area contributed by atoms with Crippen LogP contribution in [0.15, 0.2) is 53.0 Å². The van der Waals surface area contributed by atoms with Gasteiger partial charge in [0.05, 0.1) is 6.61 Å². The topological polar surface area (TPSA) is 29.5 Å². The maximum Gasteiger partial charge on any atom is 0.132 e. The number of rotatable bonds is 3. The van der Waals surface area contributed by atoms with Crippen LogP contribution in [0.4, 0.5) is 0 Å². The average molecular weight is 279 g/mol. The third-order valence-electron chi connectivity index (χ3n) is 2.17. The molecule has 0 atom stereocenters. The minimum absolute atomic E-state index is 0.0236. The van der Waals surface area contributed by atoms with Gasteiger partial charge in [0.2, 0.25) is 0 Å². The zero-order valence-electron chi connectivity index (χ0n) is 8.56. The second-order valence-corrected chi connectivity index (χ2v) is 4.24. The number of hydrogen-bond acceptors (Lipinski definition) is 2. The van der Waals surface area contributed by atoms with E-state index in [4.69, 9.17) is 9.84 Å². The quantitative estimate of drug-likeness (QED) is 0.927. The minimum Gasteiger partial charge on any atom is -0.457 e. The summed E-state index contributed by atoms with van der Waals surface area (Å²) < 4.78 is 6.66. The summed E-state index contributed by atoms with van der Waals surface area (Å²) in [5, 5.41) is 9.16. The van der Waals surface area contributed by atoms with Gasteiger partial charge in [-0.15, -0.1) is 0 Å². The Labute approximate surface area is 103 Å². The van der Waals surface area contributed by atoms with E-state index in [1.165, 1.54) is 0 Å². The van der Waals surface area contributed by atoms with Gasteiger partial charge in [-0.1, -0.05) is 40.2 Å². The van der Waals surface area contributed by atoms with Crippen LogP contribution >= 0.6 is 15.9 Å². The highest BCUT2D eigenvalue weighted by molar-refractivity contribution is 9.10. The van der Waals surface area contributed by atoms with Crippen molar-refractivity contribution in [3.63, 3.8) is 0 Å². The highest BCUT2D eigenvalue weighted by atomic mass is 79.9. The third kappa shape index (κ3) is 2.62.